The van der Waals surface area contributed by atoms with Gasteiger partial charge in [-0.2, -0.15) is 0 Å². The highest BCUT2D eigenvalue weighted by molar-refractivity contribution is 5.62. The van der Waals surface area contributed by atoms with Crippen molar-refractivity contribution in [3.05, 3.63) is 47.5 Å². The summed E-state index contributed by atoms with van der Waals surface area (Å²) in [5.74, 6) is -0.193. The molecule has 0 radical (unpaired) electrons. The molecule has 0 aliphatic carbocycles. The molecule has 4 nitrogen and oxygen atoms in total. The predicted molar refractivity (Wildman–Crippen MR) is 82.6 cm³/mol. The van der Waals surface area contributed by atoms with Crippen molar-refractivity contribution in [3.63, 3.8) is 0 Å². The molecule has 4 heteroatoms. The van der Waals surface area contributed by atoms with Crippen molar-refractivity contribution < 1.29 is 10.2 Å². The second kappa shape index (κ2) is 5.74. The van der Waals surface area contributed by atoms with Crippen molar-refractivity contribution in [3.8, 4) is 11.5 Å². The molecule has 0 fully saturated rings. The summed E-state index contributed by atoms with van der Waals surface area (Å²) in [6, 6.07) is 11.0. The first kappa shape index (κ1) is 14.1. The Morgan fingerprint density at radius 1 is 1.00 bits per heavy atom. The van der Waals surface area contributed by atoms with E-state index in [1.165, 1.54) is 17.3 Å². The molecule has 0 bridgehead atoms. The average Bonchev–Trinajstić information content (AvgIpc) is 2.41. The maximum Gasteiger partial charge on any atom is 0.157 e. The van der Waals surface area contributed by atoms with Crippen LogP contribution in [-0.4, -0.2) is 24.3 Å². The standard InChI is InChI=1S/C16H20N2O2/c1-11-4-6-13(9-14(11)18(2)3)17-10-12-5-7-15(19)16(20)8-12/h4-9,17,19-20H,10H2,1-3H3. The van der Waals surface area contributed by atoms with Gasteiger partial charge in [-0.1, -0.05) is 12.1 Å². The van der Waals surface area contributed by atoms with E-state index in [0.29, 0.717) is 6.54 Å². The third-order valence-electron chi connectivity index (χ3n) is 3.23. The Labute approximate surface area is 119 Å². The number of nitrogens with zero attached hydrogens (tertiary/aromatic N) is 1. The van der Waals surface area contributed by atoms with E-state index in [9.17, 15) is 10.2 Å². The second-order valence-corrected chi connectivity index (χ2v) is 5.07. The molecule has 0 saturated heterocycles. The van der Waals surface area contributed by atoms with Crippen LogP contribution in [0.25, 0.3) is 0 Å². The van der Waals surface area contributed by atoms with Crippen LogP contribution in [-0.2, 0) is 6.54 Å². The van der Waals surface area contributed by atoms with Crippen LogP contribution >= 0.6 is 0 Å². The van der Waals surface area contributed by atoms with Crippen LogP contribution in [0.1, 0.15) is 11.1 Å². The van der Waals surface area contributed by atoms with Gasteiger partial charge in [0.05, 0.1) is 0 Å². The van der Waals surface area contributed by atoms with Crippen LogP contribution in [0.3, 0.4) is 0 Å². The predicted octanol–water partition coefficient (Wildman–Crippen LogP) is 3.08. The van der Waals surface area contributed by atoms with Crippen LogP contribution < -0.4 is 10.2 Å². The first-order chi connectivity index (χ1) is 9.47. The highest BCUT2D eigenvalue weighted by atomic mass is 16.3. The summed E-state index contributed by atoms with van der Waals surface area (Å²) in [7, 11) is 4.04. The largest absolute Gasteiger partial charge is 0.504 e. The number of benzene rings is 2. The molecule has 2 aromatic carbocycles. The minimum Gasteiger partial charge on any atom is -0.504 e. The van der Waals surface area contributed by atoms with Crippen LogP contribution in [0.15, 0.2) is 36.4 Å². The highest BCUT2D eigenvalue weighted by Crippen LogP contribution is 2.26. The Kier molecular flexibility index (Phi) is 4.03. The average molecular weight is 272 g/mol. The molecule has 106 valence electrons. The molecule has 2 aromatic rings. The molecule has 0 unspecified atom stereocenters. The van der Waals surface area contributed by atoms with Gasteiger partial charge >= 0.3 is 0 Å². The van der Waals surface area contributed by atoms with E-state index in [0.717, 1.165) is 11.3 Å². The molecule has 0 aliphatic rings. The quantitative estimate of drug-likeness (QED) is 0.749. The zero-order chi connectivity index (χ0) is 14.7. The fourth-order valence-corrected chi connectivity index (χ4v) is 2.08. The lowest BCUT2D eigenvalue weighted by atomic mass is 10.1. The number of aryl methyl sites for hydroxylation is 1. The molecule has 0 spiro atoms. The van der Waals surface area contributed by atoms with Gasteiger partial charge in [0.1, 0.15) is 0 Å². The van der Waals surface area contributed by atoms with Gasteiger partial charge in [-0.15, -0.1) is 0 Å². The molecule has 0 aromatic heterocycles. The normalized spacial score (nSPS) is 10.3. The molecule has 3 N–H and O–H groups in total. The van der Waals surface area contributed by atoms with Gasteiger partial charge in [0.25, 0.3) is 0 Å². The Hall–Kier alpha value is -2.36. The van der Waals surface area contributed by atoms with Crippen LogP contribution in [0, 0.1) is 6.92 Å². The van der Waals surface area contributed by atoms with Gasteiger partial charge in [0.2, 0.25) is 0 Å². The van der Waals surface area contributed by atoms with Crippen LogP contribution in [0.4, 0.5) is 11.4 Å². The maximum absolute atomic E-state index is 9.47. The van der Waals surface area contributed by atoms with Gasteiger partial charge in [0.15, 0.2) is 11.5 Å². The summed E-state index contributed by atoms with van der Waals surface area (Å²) < 4.78 is 0. The van der Waals surface area contributed by atoms with E-state index in [2.05, 4.69) is 29.3 Å². The minimum atomic E-state index is -0.0982. The fraction of sp³-hybridized carbons (Fsp3) is 0.250. The summed E-state index contributed by atoms with van der Waals surface area (Å²) in [4.78, 5) is 2.08. The van der Waals surface area contributed by atoms with E-state index >= 15 is 0 Å². The number of hydrogen-bond acceptors (Lipinski definition) is 4. The highest BCUT2D eigenvalue weighted by Gasteiger charge is 2.04. The smallest absolute Gasteiger partial charge is 0.157 e. The number of aromatic hydroxyl groups is 2. The lowest BCUT2D eigenvalue weighted by molar-refractivity contribution is 0.403. The lowest BCUT2D eigenvalue weighted by Crippen LogP contribution is -2.10. The molecule has 0 aliphatic heterocycles. The van der Waals surface area contributed by atoms with E-state index in [-0.39, 0.29) is 11.5 Å². The summed E-state index contributed by atoms with van der Waals surface area (Å²) in [6.07, 6.45) is 0. The summed E-state index contributed by atoms with van der Waals surface area (Å²) in [5, 5.41) is 22.1. The molecular weight excluding hydrogens is 252 g/mol. The third kappa shape index (κ3) is 3.15. The fourth-order valence-electron chi connectivity index (χ4n) is 2.08. The Balaban J connectivity index is 2.10. The monoisotopic (exact) mass is 272 g/mol. The molecule has 0 heterocycles. The Morgan fingerprint density at radius 3 is 2.40 bits per heavy atom. The summed E-state index contributed by atoms with van der Waals surface area (Å²) >= 11 is 0. The number of phenolic OH excluding ortho intramolecular Hbond substituents is 2. The van der Waals surface area contributed by atoms with Gasteiger partial charge in [-0.25, -0.2) is 0 Å². The summed E-state index contributed by atoms with van der Waals surface area (Å²) in [6.45, 7) is 2.67. The number of anilines is 2. The zero-order valence-corrected chi connectivity index (χ0v) is 12.0. The maximum atomic E-state index is 9.47. The number of phenols is 2. The van der Waals surface area contributed by atoms with Crippen molar-refractivity contribution in [1.82, 2.24) is 0 Å². The topological polar surface area (TPSA) is 55.7 Å². The van der Waals surface area contributed by atoms with Crippen molar-refractivity contribution in [2.24, 2.45) is 0 Å². The van der Waals surface area contributed by atoms with Crippen molar-refractivity contribution in [1.29, 1.82) is 0 Å². The first-order valence-electron chi connectivity index (χ1n) is 6.50. The van der Waals surface area contributed by atoms with E-state index in [4.69, 9.17) is 0 Å². The molecule has 0 saturated carbocycles. The Morgan fingerprint density at radius 2 is 1.75 bits per heavy atom. The molecule has 20 heavy (non-hydrogen) atoms. The van der Waals surface area contributed by atoms with Crippen molar-refractivity contribution in [2.45, 2.75) is 13.5 Å². The minimum absolute atomic E-state index is 0.0952. The van der Waals surface area contributed by atoms with Crippen molar-refractivity contribution in [2.75, 3.05) is 24.3 Å². The van der Waals surface area contributed by atoms with Gasteiger partial charge in [0, 0.05) is 32.0 Å². The Bertz CT molecular complexity index is 609. The second-order valence-electron chi connectivity index (χ2n) is 5.07. The molecule has 0 atom stereocenters. The number of hydrogen-bond donors (Lipinski definition) is 3. The van der Waals surface area contributed by atoms with E-state index in [1.807, 2.05) is 20.2 Å². The first-order valence-corrected chi connectivity index (χ1v) is 6.50. The third-order valence-corrected chi connectivity index (χ3v) is 3.23. The summed E-state index contributed by atoms with van der Waals surface area (Å²) in [5.41, 5.74) is 4.32. The van der Waals surface area contributed by atoms with Crippen LogP contribution in [0.5, 0.6) is 11.5 Å². The van der Waals surface area contributed by atoms with Crippen molar-refractivity contribution >= 4 is 11.4 Å². The SMILES string of the molecule is Cc1ccc(NCc2ccc(O)c(O)c2)cc1N(C)C. The molecule has 0 amide bonds. The van der Waals surface area contributed by atoms with E-state index < -0.39 is 0 Å². The lowest BCUT2D eigenvalue weighted by Gasteiger charge is -2.17. The molecular formula is C16H20N2O2. The number of rotatable bonds is 4. The van der Waals surface area contributed by atoms with Gasteiger partial charge in [-0.05, 0) is 42.3 Å². The van der Waals surface area contributed by atoms with Crippen LogP contribution in [0.2, 0.25) is 0 Å². The van der Waals surface area contributed by atoms with Gasteiger partial charge in [-0.3, -0.25) is 0 Å². The van der Waals surface area contributed by atoms with E-state index in [1.54, 1.807) is 12.1 Å². The molecule has 2 rings (SSSR count). The number of nitrogens with one attached hydrogen (secondary N) is 1. The zero-order valence-electron chi connectivity index (χ0n) is 12.0. The van der Waals surface area contributed by atoms with Gasteiger partial charge < -0.3 is 20.4 Å².